The van der Waals surface area contributed by atoms with Crippen LogP contribution in [0.15, 0.2) is 0 Å². The Morgan fingerprint density at radius 3 is 1.50 bits per heavy atom. The van der Waals surface area contributed by atoms with E-state index in [1.54, 1.807) is 0 Å². The predicted octanol–water partition coefficient (Wildman–Crippen LogP) is -0.520. The first-order valence-corrected chi connectivity index (χ1v) is 6.58. The molecule has 0 aromatic heterocycles. The smallest absolute Gasteiger partial charge is 0.163 e. The van der Waals surface area contributed by atoms with E-state index in [1.807, 2.05) is 0 Å². The van der Waals surface area contributed by atoms with Gasteiger partial charge >= 0.3 is 0 Å². The number of ether oxygens (including phenoxy) is 4. The fourth-order valence-corrected chi connectivity index (χ4v) is 2.88. The Bertz CT molecular complexity index is 258. The lowest BCUT2D eigenvalue weighted by Gasteiger charge is -2.06. The van der Waals surface area contributed by atoms with E-state index >= 15 is 0 Å². The molecule has 0 bridgehead atoms. The molecule has 0 saturated carbocycles. The van der Waals surface area contributed by atoms with Gasteiger partial charge in [-0.1, -0.05) is 0 Å². The molecule has 6 heteroatoms. The van der Waals surface area contributed by atoms with E-state index in [0.717, 1.165) is 26.1 Å². The van der Waals surface area contributed by atoms with Gasteiger partial charge in [0, 0.05) is 11.8 Å². The average Bonchev–Trinajstić information content (AvgIpc) is 3.06. The largest absolute Gasteiger partial charge is 0.390 e. The molecule has 6 atom stereocenters. The van der Waals surface area contributed by atoms with Crippen LogP contribution in [0.4, 0.5) is 0 Å². The Balaban J connectivity index is 0.000000111. The summed E-state index contributed by atoms with van der Waals surface area (Å²) in [4.78, 5) is 0. The third kappa shape index (κ3) is 2.41. The van der Waals surface area contributed by atoms with Gasteiger partial charge in [-0.3, -0.25) is 0 Å². The Kier molecular flexibility index (Phi) is 3.83. The van der Waals surface area contributed by atoms with Crippen molar-refractivity contribution in [2.75, 3.05) is 26.4 Å². The number of fused-ring (bicyclic) bond motifs is 2. The average molecular weight is 260 g/mol. The third-order valence-corrected chi connectivity index (χ3v) is 4.02. The molecule has 6 nitrogen and oxygen atoms in total. The molecule has 4 aliphatic rings. The van der Waals surface area contributed by atoms with E-state index in [0.29, 0.717) is 13.2 Å². The minimum atomic E-state index is -0.280. The second kappa shape index (κ2) is 5.40. The van der Waals surface area contributed by atoms with Gasteiger partial charge in [0.1, 0.15) is 0 Å². The highest BCUT2D eigenvalue weighted by Gasteiger charge is 2.41. The lowest BCUT2D eigenvalue weighted by Crippen LogP contribution is -2.18. The fourth-order valence-electron chi connectivity index (χ4n) is 2.88. The molecule has 0 amide bonds. The molecule has 0 aromatic carbocycles. The van der Waals surface area contributed by atoms with Gasteiger partial charge in [-0.25, -0.2) is 0 Å². The molecule has 4 saturated heterocycles. The summed E-state index contributed by atoms with van der Waals surface area (Å²) in [6.07, 6.45) is 1.15. The molecule has 0 unspecified atom stereocenters. The van der Waals surface area contributed by atoms with Gasteiger partial charge in [-0.15, -0.1) is 0 Å². The molecule has 2 N–H and O–H groups in total. The Hall–Kier alpha value is -0.240. The SMILES string of the molecule is O[C@H]1CO[C@@H]2OCC[C@@H]21.O[C@H]1CO[C@H]2OCC[C@H]21. The zero-order chi connectivity index (χ0) is 12.5. The van der Waals surface area contributed by atoms with Gasteiger partial charge in [0.15, 0.2) is 12.6 Å². The molecule has 18 heavy (non-hydrogen) atoms. The number of hydrogen-bond donors (Lipinski definition) is 2. The van der Waals surface area contributed by atoms with E-state index in [2.05, 4.69) is 0 Å². The summed E-state index contributed by atoms with van der Waals surface area (Å²) >= 11 is 0. The fraction of sp³-hybridized carbons (Fsp3) is 1.00. The van der Waals surface area contributed by atoms with Crippen molar-refractivity contribution in [1.29, 1.82) is 0 Å². The van der Waals surface area contributed by atoms with Gasteiger partial charge in [0.25, 0.3) is 0 Å². The highest BCUT2D eigenvalue weighted by atomic mass is 16.7. The monoisotopic (exact) mass is 260 g/mol. The van der Waals surface area contributed by atoms with E-state index in [1.165, 1.54) is 0 Å². The maximum Gasteiger partial charge on any atom is 0.163 e. The zero-order valence-corrected chi connectivity index (χ0v) is 10.2. The maximum absolute atomic E-state index is 9.19. The Labute approximate surface area is 106 Å². The van der Waals surface area contributed by atoms with E-state index < -0.39 is 0 Å². The van der Waals surface area contributed by atoms with E-state index in [4.69, 9.17) is 18.9 Å². The predicted molar refractivity (Wildman–Crippen MR) is 59.6 cm³/mol. The number of rotatable bonds is 0. The number of aliphatic hydroxyl groups excluding tert-OH is 2. The molecule has 104 valence electrons. The molecule has 0 spiro atoms. The van der Waals surface area contributed by atoms with Gasteiger partial charge in [0.2, 0.25) is 0 Å². The van der Waals surface area contributed by atoms with Crippen LogP contribution in [-0.4, -0.2) is 61.4 Å². The van der Waals surface area contributed by atoms with Gasteiger partial charge in [-0.05, 0) is 12.8 Å². The molecule has 4 aliphatic heterocycles. The summed E-state index contributed by atoms with van der Waals surface area (Å²) in [5.41, 5.74) is 0. The molecular formula is C12H20O6. The van der Waals surface area contributed by atoms with Crippen LogP contribution in [0.3, 0.4) is 0 Å². The van der Waals surface area contributed by atoms with Crippen LogP contribution in [0.25, 0.3) is 0 Å². The summed E-state index contributed by atoms with van der Waals surface area (Å²) < 4.78 is 20.6. The molecule has 4 rings (SSSR count). The van der Waals surface area contributed by atoms with Crippen molar-refractivity contribution in [1.82, 2.24) is 0 Å². The molecule has 0 aromatic rings. The van der Waals surface area contributed by atoms with Crippen LogP contribution in [0, 0.1) is 11.8 Å². The minimum absolute atomic E-state index is 0.0972. The van der Waals surface area contributed by atoms with Crippen LogP contribution in [0.1, 0.15) is 12.8 Å². The molecule has 4 fully saturated rings. The molecule has 0 radical (unpaired) electrons. The van der Waals surface area contributed by atoms with Crippen molar-refractivity contribution in [3.05, 3.63) is 0 Å². The van der Waals surface area contributed by atoms with Gasteiger partial charge in [0.05, 0.1) is 38.6 Å². The van der Waals surface area contributed by atoms with Crippen molar-refractivity contribution < 1.29 is 29.2 Å². The van der Waals surface area contributed by atoms with Gasteiger partial charge in [-0.2, -0.15) is 0 Å². The summed E-state index contributed by atoms with van der Waals surface area (Å²) in [7, 11) is 0. The number of hydrogen-bond acceptors (Lipinski definition) is 6. The minimum Gasteiger partial charge on any atom is -0.390 e. The molecular weight excluding hydrogens is 240 g/mol. The maximum atomic E-state index is 9.19. The summed E-state index contributed by atoms with van der Waals surface area (Å²) in [6.45, 7) is 2.39. The van der Waals surface area contributed by atoms with Crippen LogP contribution < -0.4 is 0 Å². The van der Waals surface area contributed by atoms with Crippen molar-refractivity contribution in [2.24, 2.45) is 11.8 Å². The molecule has 0 aliphatic carbocycles. The topological polar surface area (TPSA) is 77.4 Å². The van der Waals surface area contributed by atoms with Crippen molar-refractivity contribution in [3.63, 3.8) is 0 Å². The van der Waals surface area contributed by atoms with E-state index in [9.17, 15) is 10.2 Å². The summed E-state index contributed by atoms with van der Waals surface area (Å²) in [5, 5.41) is 18.4. The summed E-state index contributed by atoms with van der Waals surface area (Å²) in [5.74, 6) is 0.509. The Morgan fingerprint density at radius 2 is 1.11 bits per heavy atom. The Morgan fingerprint density at radius 1 is 0.667 bits per heavy atom. The van der Waals surface area contributed by atoms with Crippen molar-refractivity contribution in [2.45, 2.75) is 37.6 Å². The quantitative estimate of drug-likeness (QED) is 0.610. The van der Waals surface area contributed by atoms with Crippen LogP contribution >= 0.6 is 0 Å². The van der Waals surface area contributed by atoms with Crippen molar-refractivity contribution >= 4 is 0 Å². The zero-order valence-electron chi connectivity index (χ0n) is 10.2. The molecule has 4 heterocycles. The van der Waals surface area contributed by atoms with Crippen LogP contribution in [0.5, 0.6) is 0 Å². The lowest BCUT2D eigenvalue weighted by molar-refractivity contribution is -0.0909. The number of aliphatic hydroxyl groups is 2. The van der Waals surface area contributed by atoms with Gasteiger partial charge < -0.3 is 29.2 Å². The standard InChI is InChI=1S/2C6H10O3/c2*7-5-3-9-6-4(5)1-2-8-6/h2*4-7H,1-3H2/t4-,5+,6+;4-,5-,6+/m10/s1. The highest BCUT2D eigenvalue weighted by Crippen LogP contribution is 2.31. The van der Waals surface area contributed by atoms with Crippen LogP contribution in [0.2, 0.25) is 0 Å². The van der Waals surface area contributed by atoms with Crippen molar-refractivity contribution in [3.8, 4) is 0 Å². The lowest BCUT2D eigenvalue weighted by atomic mass is 10.0. The highest BCUT2D eigenvalue weighted by molar-refractivity contribution is 4.82. The third-order valence-electron chi connectivity index (χ3n) is 4.02. The first kappa shape index (κ1) is 12.8. The second-order valence-electron chi connectivity index (χ2n) is 5.18. The van der Waals surface area contributed by atoms with E-state index in [-0.39, 0.29) is 36.6 Å². The van der Waals surface area contributed by atoms with Crippen LogP contribution in [-0.2, 0) is 18.9 Å². The summed E-state index contributed by atoms with van der Waals surface area (Å²) in [6, 6.07) is 0. The first-order chi connectivity index (χ1) is 8.75. The second-order valence-corrected chi connectivity index (χ2v) is 5.18. The first-order valence-electron chi connectivity index (χ1n) is 6.58. The normalized spacial score (nSPS) is 49.7.